The van der Waals surface area contributed by atoms with Crippen LogP contribution in [0.4, 0.5) is 0 Å². The molecule has 6 nitrogen and oxygen atoms in total. The third-order valence-corrected chi connectivity index (χ3v) is 2.80. The summed E-state index contributed by atoms with van der Waals surface area (Å²) in [6.07, 6.45) is -2.76. The summed E-state index contributed by atoms with van der Waals surface area (Å²) in [7, 11) is 1.64. The van der Waals surface area contributed by atoms with Crippen LogP contribution in [0.3, 0.4) is 0 Å². The molecule has 0 radical (unpaired) electrons. The van der Waals surface area contributed by atoms with Crippen molar-refractivity contribution in [2.24, 2.45) is 5.92 Å². The third kappa shape index (κ3) is 3.38. The molecule has 6 heteroatoms. The highest BCUT2D eigenvalue weighted by Crippen LogP contribution is 2.28. The Kier molecular flexibility index (Phi) is 5.32. The van der Waals surface area contributed by atoms with E-state index in [9.17, 15) is 9.90 Å². The summed E-state index contributed by atoms with van der Waals surface area (Å²) in [6.45, 7) is 3.62. The Morgan fingerprint density at radius 2 is 2.18 bits per heavy atom. The van der Waals surface area contributed by atoms with Gasteiger partial charge in [0.05, 0.1) is 13.2 Å². The third-order valence-electron chi connectivity index (χ3n) is 2.80. The van der Waals surface area contributed by atoms with E-state index in [1.54, 1.807) is 7.05 Å². The minimum Gasteiger partial charge on any atom is -0.456 e. The maximum atomic E-state index is 11.4. The summed E-state index contributed by atoms with van der Waals surface area (Å²) in [5.74, 6) is -0.349. The van der Waals surface area contributed by atoms with Crippen molar-refractivity contribution in [1.82, 2.24) is 5.32 Å². The van der Waals surface area contributed by atoms with E-state index in [0.717, 1.165) is 0 Å². The average molecular weight is 247 g/mol. The molecule has 100 valence electrons. The molecule has 0 amide bonds. The van der Waals surface area contributed by atoms with E-state index in [1.165, 1.54) is 0 Å². The Bertz CT molecular complexity index is 258. The topological polar surface area (TPSA) is 88.0 Å². The molecule has 1 aliphatic rings. The first-order valence-corrected chi connectivity index (χ1v) is 5.79. The van der Waals surface area contributed by atoms with Gasteiger partial charge in [-0.2, -0.15) is 0 Å². The molecule has 1 rings (SSSR count). The Labute approximate surface area is 101 Å². The van der Waals surface area contributed by atoms with E-state index in [-0.39, 0.29) is 25.2 Å². The smallest absolute Gasteiger partial charge is 0.320 e. The summed E-state index contributed by atoms with van der Waals surface area (Å²) < 4.78 is 10.7. The molecule has 17 heavy (non-hydrogen) atoms. The Hall–Kier alpha value is -0.690. The zero-order valence-electron chi connectivity index (χ0n) is 10.4. The summed E-state index contributed by atoms with van der Waals surface area (Å²) in [5, 5.41) is 21.6. The Morgan fingerprint density at radius 3 is 2.65 bits per heavy atom. The number of hydrogen-bond donors (Lipinski definition) is 3. The van der Waals surface area contributed by atoms with Gasteiger partial charge in [0.25, 0.3) is 0 Å². The van der Waals surface area contributed by atoms with E-state index in [4.69, 9.17) is 14.6 Å². The number of carbonyl (C=O) groups is 1. The molecule has 0 aromatic heterocycles. The first-order valence-electron chi connectivity index (χ1n) is 5.79. The first kappa shape index (κ1) is 14.4. The summed E-state index contributed by atoms with van der Waals surface area (Å²) in [6, 6.07) is 0. The lowest BCUT2D eigenvalue weighted by Crippen LogP contribution is -2.41. The molecule has 0 aliphatic carbocycles. The summed E-state index contributed by atoms with van der Waals surface area (Å²) in [5.41, 5.74) is 0. The fraction of sp³-hybridized carbons (Fsp3) is 0.909. The normalized spacial score (nSPS) is 33.1. The van der Waals surface area contributed by atoms with Crippen LogP contribution in [-0.4, -0.2) is 60.8 Å². The molecule has 0 saturated carbocycles. The average Bonchev–Trinajstić information content (AvgIpc) is 2.57. The number of ether oxygens (including phenoxy) is 2. The van der Waals surface area contributed by atoms with E-state index < -0.39 is 24.3 Å². The Balaban J connectivity index is 2.67. The summed E-state index contributed by atoms with van der Waals surface area (Å²) in [4.78, 5) is 11.4. The molecule has 1 unspecified atom stereocenters. The molecule has 0 bridgehead atoms. The van der Waals surface area contributed by atoms with Gasteiger partial charge < -0.3 is 25.0 Å². The highest BCUT2D eigenvalue weighted by molar-refractivity contribution is 5.71. The van der Waals surface area contributed by atoms with Crippen LogP contribution >= 0.6 is 0 Å². The van der Waals surface area contributed by atoms with Gasteiger partial charge >= 0.3 is 5.97 Å². The number of rotatable bonds is 5. The van der Waals surface area contributed by atoms with Gasteiger partial charge in [-0.3, -0.25) is 4.79 Å². The van der Waals surface area contributed by atoms with E-state index >= 15 is 0 Å². The second kappa shape index (κ2) is 6.30. The van der Waals surface area contributed by atoms with Crippen LogP contribution in [0.15, 0.2) is 0 Å². The minimum absolute atomic E-state index is 0.0812. The molecular weight excluding hydrogens is 226 g/mol. The predicted octanol–water partition coefficient (Wildman–Crippen LogP) is -1.11. The van der Waals surface area contributed by atoms with Crippen LogP contribution < -0.4 is 5.32 Å². The van der Waals surface area contributed by atoms with Gasteiger partial charge in [0.15, 0.2) is 6.10 Å². The lowest BCUT2D eigenvalue weighted by atomic mass is 9.99. The highest BCUT2D eigenvalue weighted by Gasteiger charge is 2.46. The van der Waals surface area contributed by atoms with Crippen molar-refractivity contribution >= 4 is 5.97 Å². The van der Waals surface area contributed by atoms with Crippen LogP contribution in [0, 0.1) is 5.92 Å². The fourth-order valence-corrected chi connectivity index (χ4v) is 1.93. The van der Waals surface area contributed by atoms with Crippen molar-refractivity contribution in [3.8, 4) is 0 Å². The SMILES string of the molecule is CNCC(=O)O[C@H]1C(C(C)C)O[C@H](CO)[C@@H]1O. The molecule has 0 aromatic carbocycles. The zero-order valence-corrected chi connectivity index (χ0v) is 10.4. The number of hydrogen-bond acceptors (Lipinski definition) is 6. The number of carbonyl (C=O) groups excluding carboxylic acids is 1. The largest absolute Gasteiger partial charge is 0.456 e. The predicted molar refractivity (Wildman–Crippen MR) is 60.4 cm³/mol. The summed E-state index contributed by atoms with van der Waals surface area (Å²) >= 11 is 0. The van der Waals surface area contributed by atoms with E-state index in [1.807, 2.05) is 13.8 Å². The number of likely N-dealkylation sites (N-methyl/N-ethyl adjacent to an activating group) is 1. The van der Waals surface area contributed by atoms with Crippen molar-refractivity contribution in [3.05, 3.63) is 0 Å². The molecule has 3 N–H and O–H groups in total. The maximum absolute atomic E-state index is 11.4. The molecule has 1 aliphatic heterocycles. The molecule has 4 atom stereocenters. The maximum Gasteiger partial charge on any atom is 0.320 e. The van der Waals surface area contributed by atoms with Crippen molar-refractivity contribution in [3.63, 3.8) is 0 Å². The molecular formula is C11H21NO5. The van der Waals surface area contributed by atoms with Crippen LogP contribution in [0.2, 0.25) is 0 Å². The molecule has 0 spiro atoms. The monoisotopic (exact) mass is 247 g/mol. The number of esters is 1. The second-order valence-electron chi connectivity index (χ2n) is 4.54. The quantitative estimate of drug-likeness (QED) is 0.534. The standard InChI is InChI=1S/C11H21NO5/c1-6(2)10-11(17-8(14)4-12-3)9(15)7(5-13)16-10/h6-7,9-13,15H,4-5H2,1-3H3/t7-,9+,10?,11-/m1/s1. The Morgan fingerprint density at radius 1 is 1.53 bits per heavy atom. The lowest BCUT2D eigenvalue weighted by Gasteiger charge is -2.23. The minimum atomic E-state index is -0.979. The zero-order chi connectivity index (χ0) is 13.0. The lowest BCUT2D eigenvalue weighted by molar-refractivity contribution is -0.155. The fourth-order valence-electron chi connectivity index (χ4n) is 1.93. The van der Waals surface area contributed by atoms with Crippen molar-refractivity contribution < 1.29 is 24.5 Å². The first-order chi connectivity index (χ1) is 8.01. The van der Waals surface area contributed by atoms with Crippen molar-refractivity contribution in [2.45, 2.75) is 38.3 Å². The van der Waals surface area contributed by atoms with E-state index in [2.05, 4.69) is 5.32 Å². The van der Waals surface area contributed by atoms with Gasteiger partial charge in [0, 0.05) is 0 Å². The second-order valence-corrected chi connectivity index (χ2v) is 4.54. The highest BCUT2D eigenvalue weighted by atomic mass is 16.6. The van der Waals surface area contributed by atoms with Gasteiger partial charge in [-0.05, 0) is 13.0 Å². The van der Waals surface area contributed by atoms with Gasteiger partial charge in [0.1, 0.15) is 18.3 Å². The van der Waals surface area contributed by atoms with Gasteiger partial charge in [0.2, 0.25) is 0 Å². The van der Waals surface area contributed by atoms with Gasteiger partial charge in [-0.15, -0.1) is 0 Å². The van der Waals surface area contributed by atoms with Crippen molar-refractivity contribution in [1.29, 1.82) is 0 Å². The van der Waals surface area contributed by atoms with Gasteiger partial charge in [-0.1, -0.05) is 13.8 Å². The molecule has 1 fully saturated rings. The number of nitrogens with one attached hydrogen (secondary N) is 1. The van der Waals surface area contributed by atoms with Crippen LogP contribution in [0.1, 0.15) is 13.8 Å². The van der Waals surface area contributed by atoms with E-state index in [0.29, 0.717) is 0 Å². The van der Waals surface area contributed by atoms with Crippen LogP contribution in [0.5, 0.6) is 0 Å². The molecule has 0 aromatic rings. The number of aliphatic hydroxyl groups excluding tert-OH is 2. The van der Waals surface area contributed by atoms with Crippen LogP contribution in [-0.2, 0) is 14.3 Å². The molecule has 1 saturated heterocycles. The molecule has 1 heterocycles. The number of aliphatic hydroxyl groups is 2. The van der Waals surface area contributed by atoms with Crippen LogP contribution in [0.25, 0.3) is 0 Å². The van der Waals surface area contributed by atoms with Gasteiger partial charge in [-0.25, -0.2) is 0 Å². The van der Waals surface area contributed by atoms with Crippen molar-refractivity contribution in [2.75, 3.05) is 20.2 Å².